The summed E-state index contributed by atoms with van der Waals surface area (Å²) in [5, 5.41) is 0. The number of alkyl halides is 3. The van der Waals surface area contributed by atoms with E-state index in [0.717, 1.165) is 5.56 Å². The van der Waals surface area contributed by atoms with Crippen LogP contribution in [-0.4, -0.2) is 6.18 Å². The van der Waals surface area contributed by atoms with Crippen LogP contribution in [0, 0.1) is 0 Å². The van der Waals surface area contributed by atoms with E-state index in [-0.39, 0.29) is 11.3 Å². The van der Waals surface area contributed by atoms with Crippen LogP contribution < -0.4 is 0 Å². The maximum absolute atomic E-state index is 12.8. The highest BCUT2D eigenvalue weighted by atomic mass is 19.4. The van der Waals surface area contributed by atoms with Crippen LogP contribution in [0.2, 0.25) is 0 Å². The van der Waals surface area contributed by atoms with Gasteiger partial charge >= 0.3 is 6.18 Å². The summed E-state index contributed by atoms with van der Waals surface area (Å²) in [7, 11) is 0. The van der Waals surface area contributed by atoms with Crippen molar-refractivity contribution in [3.63, 3.8) is 0 Å². The molecule has 3 aromatic rings. The molecule has 112 valence electrons. The van der Waals surface area contributed by atoms with Gasteiger partial charge in [0.2, 0.25) is 0 Å². The molecule has 1 aromatic heterocycles. The molecule has 1 heterocycles. The van der Waals surface area contributed by atoms with Crippen molar-refractivity contribution in [3.05, 3.63) is 72.3 Å². The summed E-state index contributed by atoms with van der Waals surface area (Å²) in [6, 6.07) is 19.4. The molecule has 1 nitrogen and oxygen atoms in total. The summed E-state index contributed by atoms with van der Waals surface area (Å²) >= 11 is 0. The van der Waals surface area contributed by atoms with Crippen LogP contribution in [0.3, 0.4) is 0 Å². The second kappa shape index (κ2) is 5.72. The third-order valence-electron chi connectivity index (χ3n) is 3.29. The van der Waals surface area contributed by atoms with E-state index in [1.807, 2.05) is 36.4 Å². The van der Waals surface area contributed by atoms with E-state index in [1.54, 1.807) is 24.3 Å². The van der Waals surface area contributed by atoms with E-state index in [4.69, 9.17) is 4.42 Å². The minimum atomic E-state index is -4.28. The third kappa shape index (κ3) is 3.22. The Morgan fingerprint density at radius 3 is 1.86 bits per heavy atom. The summed E-state index contributed by atoms with van der Waals surface area (Å²) in [5.74, 6) is 0.718. The van der Waals surface area contributed by atoms with Gasteiger partial charge < -0.3 is 4.42 Å². The topological polar surface area (TPSA) is 13.1 Å². The molecule has 0 unspecified atom stereocenters. The molecule has 0 radical (unpaired) electrons. The molecule has 0 spiro atoms. The molecule has 0 saturated heterocycles. The van der Waals surface area contributed by atoms with Crippen LogP contribution in [0.4, 0.5) is 13.2 Å². The molecule has 0 N–H and O–H groups in total. The largest absolute Gasteiger partial charge is 0.456 e. The van der Waals surface area contributed by atoms with Crippen molar-refractivity contribution in [1.29, 1.82) is 0 Å². The van der Waals surface area contributed by atoms with Crippen molar-refractivity contribution < 1.29 is 17.6 Å². The number of halogens is 3. The van der Waals surface area contributed by atoms with Gasteiger partial charge in [0.05, 0.1) is 6.42 Å². The highest BCUT2D eigenvalue weighted by Gasteiger charge is 2.31. The van der Waals surface area contributed by atoms with Crippen LogP contribution in [-0.2, 0) is 6.42 Å². The number of hydrogen-bond acceptors (Lipinski definition) is 1. The summed E-state index contributed by atoms with van der Waals surface area (Å²) in [6.07, 6.45) is -5.28. The smallest absolute Gasteiger partial charge is 0.393 e. The molecular weight excluding hydrogens is 289 g/mol. The van der Waals surface area contributed by atoms with E-state index in [0.29, 0.717) is 11.3 Å². The Balaban J connectivity index is 2.09. The summed E-state index contributed by atoms with van der Waals surface area (Å²) in [4.78, 5) is 0. The van der Waals surface area contributed by atoms with Gasteiger partial charge in [0.1, 0.15) is 11.5 Å². The number of hydrogen-bond donors (Lipinski definition) is 0. The van der Waals surface area contributed by atoms with Gasteiger partial charge in [-0.15, -0.1) is 0 Å². The van der Waals surface area contributed by atoms with Crippen molar-refractivity contribution in [2.45, 2.75) is 12.6 Å². The van der Waals surface area contributed by atoms with Gasteiger partial charge in [0, 0.05) is 16.7 Å². The lowest BCUT2D eigenvalue weighted by molar-refractivity contribution is -0.127. The Kier molecular flexibility index (Phi) is 3.75. The van der Waals surface area contributed by atoms with Crippen LogP contribution >= 0.6 is 0 Å². The van der Waals surface area contributed by atoms with Gasteiger partial charge in [-0.1, -0.05) is 60.7 Å². The van der Waals surface area contributed by atoms with Gasteiger partial charge in [0.15, 0.2) is 0 Å². The molecule has 22 heavy (non-hydrogen) atoms. The van der Waals surface area contributed by atoms with Crippen LogP contribution in [0.5, 0.6) is 0 Å². The summed E-state index contributed by atoms with van der Waals surface area (Å²) in [5.41, 5.74) is 1.55. The lowest BCUT2D eigenvalue weighted by atomic mass is 10.1. The fourth-order valence-corrected chi connectivity index (χ4v) is 2.35. The van der Waals surface area contributed by atoms with E-state index in [1.165, 1.54) is 6.07 Å². The highest BCUT2D eigenvalue weighted by molar-refractivity contribution is 5.68. The predicted octanol–water partition coefficient (Wildman–Crippen LogP) is 5.72. The van der Waals surface area contributed by atoms with Crippen LogP contribution in [0.15, 0.2) is 71.1 Å². The third-order valence-corrected chi connectivity index (χ3v) is 3.29. The molecule has 3 rings (SSSR count). The fraction of sp³-hybridized carbons (Fsp3) is 0.111. The van der Waals surface area contributed by atoms with E-state index >= 15 is 0 Å². The van der Waals surface area contributed by atoms with Gasteiger partial charge in [-0.05, 0) is 6.07 Å². The van der Waals surface area contributed by atoms with Crippen LogP contribution in [0.25, 0.3) is 22.6 Å². The minimum absolute atomic E-state index is 0.151. The first-order valence-corrected chi connectivity index (χ1v) is 6.83. The average molecular weight is 302 g/mol. The normalized spacial score (nSPS) is 11.6. The number of benzene rings is 2. The van der Waals surface area contributed by atoms with Gasteiger partial charge in [0.25, 0.3) is 0 Å². The number of rotatable bonds is 3. The highest BCUT2D eigenvalue weighted by Crippen LogP contribution is 2.35. The first-order chi connectivity index (χ1) is 10.5. The zero-order valence-electron chi connectivity index (χ0n) is 11.6. The Labute approximate surface area is 126 Å². The first kappa shape index (κ1) is 14.4. The lowest BCUT2D eigenvalue weighted by Crippen LogP contribution is -2.11. The van der Waals surface area contributed by atoms with E-state index in [9.17, 15) is 13.2 Å². The zero-order valence-corrected chi connectivity index (χ0v) is 11.6. The molecule has 4 heteroatoms. The van der Waals surface area contributed by atoms with E-state index < -0.39 is 12.6 Å². The van der Waals surface area contributed by atoms with Gasteiger partial charge in [-0.25, -0.2) is 0 Å². The zero-order chi connectivity index (χ0) is 15.6. The van der Waals surface area contributed by atoms with Crippen molar-refractivity contribution in [2.75, 3.05) is 0 Å². The Morgan fingerprint density at radius 1 is 0.773 bits per heavy atom. The van der Waals surface area contributed by atoms with E-state index in [2.05, 4.69) is 0 Å². The van der Waals surface area contributed by atoms with Crippen LogP contribution in [0.1, 0.15) is 5.56 Å². The molecule has 0 aliphatic rings. The lowest BCUT2D eigenvalue weighted by Gasteiger charge is -2.06. The summed E-state index contributed by atoms with van der Waals surface area (Å²) in [6.45, 7) is 0. The Morgan fingerprint density at radius 2 is 1.32 bits per heavy atom. The predicted molar refractivity (Wildman–Crippen MR) is 79.3 cm³/mol. The average Bonchev–Trinajstić information content (AvgIpc) is 2.91. The Hall–Kier alpha value is -2.49. The second-order valence-electron chi connectivity index (χ2n) is 4.99. The quantitative estimate of drug-likeness (QED) is 0.603. The molecule has 0 atom stereocenters. The molecule has 0 amide bonds. The number of furan rings is 1. The Bertz CT molecular complexity index is 743. The first-order valence-electron chi connectivity index (χ1n) is 6.83. The monoisotopic (exact) mass is 302 g/mol. The summed E-state index contributed by atoms with van der Waals surface area (Å²) < 4.78 is 44.2. The maximum Gasteiger partial charge on any atom is 0.393 e. The van der Waals surface area contributed by atoms with Crippen molar-refractivity contribution in [2.24, 2.45) is 0 Å². The molecule has 0 bridgehead atoms. The fourth-order valence-electron chi connectivity index (χ4n) is 2.35. The maximum atomic E-state index is 12.8. The van der Waals surface area contributed by atoms with Crippen molar-refractivity contribution in [3.8, 4) is 22.6 Å². The van der Waals surface area contributed by atoms with Gasteiger partial charge in [-0.2, -0.15) is 13.2 Å². The van der Waals surface area contributed by atoms with Crippen molar-refractivity contribution >= 4 is 0 Å². The molecular formula is C18H13F3O. The minimum Gasteiger partial charge on any atom is -0.456 e. The molecule has 0 saturated carbocycles. The second-order valence-corrected chi connectivity index (χ2v) is 4.99. The molecule has 0 aliphatic heterocycles. The molecule has 0 fully saturated rings. The van der Waals surface area contributed by atoms with Gasteiger partial charge in [-0.3, -0.25) is 0 Å². The standard InChI is InChI=1S/C18H13F3O/c19-18(20,21)12-15-11-16(13-7-3-1-4-8-13)22-17(15)14-9-5-2-6-10-14/h1-11H,12H2. The molecule has 2 aromatic carbocycles. The molecule has 0 aliphatic carbocycles. The SMILES string of the molecule is FC(F)(F)Cc1cc(-c2ccccc2)oc1-c1ccccc1. The van der Waals surface area contributed by atoms with Crippen molar-refractivity contribution in [1.82, 2.24) is 0 Å².